The number of rotatable bonds is 12. The molecule has 0 saturated carbocycles. The second-order valence-electron chi connectivity index (χ2n) is 9.14. The van der Waals surface area contributed by atoms with Crippen LogP contribution < -0.4 is 4.74 Å². The fraction of sp³-hybridized carbons (Fsp3) is 0.367. The van der Waals surface area contributed by atoms with Crippen LogP contribution in [-0.4, -0.2) is 34.8 Å². The van der Waals surface area contributed by atoms with Crippen molar-refractivity contribution in [1.29, 1.82) is 0 Å². The lowest BCUT2D eigenvalue weighted by atomic mass is 10.0. The Morgan fingerprint density at radius 2 is 1.78 bits per heavy atom. The van der Waals surface area contributed by atoms with Gasteiger partial charge in [-0.3, -0.25) is 4.90 Å². The predicted octanol–water partition coefficient (Wildman–Crippen LogP) is 7.46. The summed E-state index contributed by atoms with van der Waals surface area (Å²) in [4.78, 5) is 7.42. The van der Waals surface area contributed by atoms with Crippen molar-refractivity contribution < 1.29 is 9.47 Å². The number of benzene rings is 3. The number of ether oxygens (including phenoxy) is 2. The molecule has 5 nitrogen and oxygen atoms in total. The molecule has 0 amide bonds. The number of hydrogen-bond acceptors (Lipinski definition) is 4. The van der Waals surface area contributed by atoms with Gasteiger partial charge in [-0.1, -0.05) is 66.5 Å². The molecule has 0 atom stereocenters. The van der Waals surface area contributed by atoms with Gasteiger partial charge in [0.2, 0.25) is 0 Å². The van der Waals surface area contributed by atoms with E-state index in [1.54, 1.807) is 13.2 Å². The van der Waals surface area contributed by atoms with E-state index in [0.29, 0.717) is 42.9 Å². The molecular weight excluding hydrogens is 505 g/mol. The molecule has 0 spiro atoms. The zero-order chi connectivity index (χ0) is 26.4. The second kappa shape index (κ2) is 12.8. The fourth-order valence-electron chi connectivity index (χ4n) is 4.83. The largest absolute Gasteiger partial charge is 0.494 e. The number of methoxy groups -OCH3 is 1. The Labute approximate surface area is 229 Å². The zero-order valence-electron chi connectivity index (χ0n) is 22.1. The molecule has 0 N–H and O–H groups in total. The molecule has 1 aromatic heterocycles. The maximum Gasteiger partial charge on any atom is 0.124 e. The third kappa shape index (κ3) is 6.47. The van der Waals surface area contributed by atoms with Crippen molar-refractivity contribution >= 4 is 34.0 Å². The number of nitrogens with zero attached hydrogens (tertiary/aromatic N) is 3. The van der Waals surface area contributed by atoms with Crippen LogP contribution in [0.5, 0.6) is 5.75 Å². The van der Waals surface area contributed by atoms with Crippen LogP contribution in [0.4, 0.5) is 0 Å². The van der Waals surface area contributed by atoms with Crippen molar-refractivity contribution in [2.45, 2.75) is 53.4 Å². The summed E-state index contributed by atoms with van der Waals surface area (Å²) in [5.74, 6) is 1.93. The van der Waals surface area contributed by atoms with Crippen molar-refractivity contribution in [1.82, 2.24) is 14.5 Å². The van der Waals surface area contributed by atoms with Crippen LogP contribution in [0.3, 0.4) is 0 Å². The first-order chi connectivity index (χ1) is 17.9. The molecular formula is C30H35Cl2N3O2. The van der Waals surface area contributed by atoms with Crippen LogP contribution in [0.2, 0.25) is 10.0 Å². The van der Waals surface area contributed by atoms with Gasteiger partial charge in [0.25, 0.3) is 0 Å². The van der Waals surface area contributed by atoms with Gasteiger partial charge in [-0.15, -0.1) is 0 Å². The van der Waals surface area contributed by atoms with Gasteiger partial charge < -0.3 is 14.0 Å². The highest BCUT2D eigenvalue weighted by Crippen LogP contribution is 2.31. The van der Waals surface area contributed by atoms with Crippen molar-refractivity contribution in [2.24, 2.45) is 0 Å². The predicted molar refractivity (Wildman–Crippen MR) is 153 cm³/mol. The van der Waals surface area contributed by atoms with E-state index in [1.165, 1.54) is 16.5 Å². The molecule has 0 aliphatic rings. The van der Waals surface area contributed by atoms with Crippen molar-refractivity contribution in [3.8, 4) is 5.75 Å². The average Bonchev–Trinajstić information content (AvgIpc) is 3.19. The molecule has 0 aliphatic carbocycles. The summed E-state index contributed by atoms with van der Waals surface area (Å²) in [5.41, 5.74) is 4.49. The first kappa shape index (κ1) is 27.5. The van der Waals surface area contributed by atoms with Crippen LogP contribution in [0.1, 0.15) is 42.2 Å². The number of halogens is 2. The van der Waals surface area contributed by atoms with Crippen LogP contribution in [0.15, 0.2) is 54.6 Å². The Kier molecular flexibility index (Phi) is 9.49. The summed E-state index contributed by atoms with van der Waals surface area (Å²) >= 11 is 12.8. The second-order valence-corrected chi connectivity index (χ2v) is 9.98. The van der Waals surface area contributed by atoms with Crippen molar-refractivity contribution in [3.05, 3.63) is 93.0 Å². The highest BCUT2D eigenvalue weighted by atomic mass is 35.5. The maximum absolute atomic E-state index is 6.63. The number of hydrogen-bond donors (Lipinski definition) is 0. The molecule has 3 aromatic carbocycles. The highest BCUT2D eigenvalue weighted by Gasteiger charge is 2.20. The smallest absolute Gasteiger partial charge is 0.124 e. The first-order valence-electron chi connectivity index (χ1n) is 12.8. The lowest BCUT2D eigenvalue weighted by Crippen LogP contribution is -2.26. The number of fused-ring (bicyclic) bond motifs is 1. The number of imidazole rings is 1. The standard InChI is InChI=1S/C30H35Cl2N3O2/c1-5-28-21(3)35(15-16-36-4)30(33-28)20-34(18-23-11-13-24(31)17-27(23)32)19-26-25-10-8-7-9-22(25)12-14-29(26)37-6-2/h7-14,17H,5-6,15-16,18-20H2,1-4H3. The lowest BCUT2D eigenvalue weighted by molar-refractivity contribution is 0.181. The minimum Gasteiger partial charge on any atom is -0.494 e. The van der Waals surface area contributed by atoms with Gasteiger partial charge in [-0.25, -0.2) is 4.98 Å². The quantitative estimate of drug-likeness (QED) is 0.187. The molecule has 7 heteroatoms. The van der Waals surface area contributed by atoms with E-state index in [1.807, 2.05) is 19.1 Å². The number of aryl methyl sites for hydroxylation is 1. The van der Waals surface area contributed by atoms with E-state index in [4.69, 9.17) is 37.7 Å². The minimum absolute atomic E-state index is 0.606. The summed E-state index contributed by atoms with van der Waals surface area (Å²) in [6.45, 7) is 10.3. The zero-order valence-corrected chi connectivity index (χ0v) is 23.6. The summed E-state index contributed by atoms with van der Waals surface area (Å²) in [7, 11) is 1.73. The summed E-state index contributed by atoms with van der Waals surface area (Å²) < 4.78 is 13.8. The third-order valence-corrected chi connectivity index (χ3v) is 7.29. The molecule has 0 unspecified atom stereocenters. The SMILES string of the molecule is CCOc1ccc2ccccc2c1CN(Cc1ccc(Cl)cc1Cl)Cc1nc(CC)c(C)n1CCOC. The Morgan fingerprint density at radius 3 is 2.51 bits per heavy atom. The van der Waals surface area contributed by atoms with E-state index >= 15 is 0 Å². The Morgan fingerprint density at radius 1 is 0.973 bits per heavy atom. The first-order valence-corrected chi connectivity index (χ1v) is 13.5. The van der Waals surface area contributed by atoms with Crippen molar-refractivity contribution in [2.75, 3.05) is 20.3 Å². The topological polar surface area (TPSA) is 39.5 Å². The molecule has 0 radical (unpaired) electrons. The maximum atomic E-state index is 6.63. The van der Waals surface area contributed by atoms with Gasteiger partial charge in [0.1, 0.15) is 11.6 Å². The normalized spacial score (nSPS) is 11.5. The highest BCUT2D eigenvalue weighted by molar-refractivity contribution is 6.35. The van der Waals surface area contributed by atoms with Gasteiger partial charge in [-0.2, -0.15) is 0 Å². The monoisotopic (exact) mass is 539 g/mol. The van der Waals surface area contributed by atoms with E-state index in [9.17, 15) is 0 Å². The minimum atomic E-state index is 0.606. The molecule has 0 saturated heterocycles. The van der Waals surface area contributed by atoms with E-state index in [2.05, 4.69) is 59.7 Å². The van der Waals surface area contributed by atoms with Gasteiger partial charge >= 0.3 is 0 Å². The summed E-state index contributed by atoms with van der Waals surface area (Å²) in [6, 6.07) is 18.4. The molecule has 1 heterocycles. The van der Waals surface area contributed by atoms with Gasteiger partial charge in [-0.05, 0) is 54.8 Å². The molecule has 0 aliphatic heterocycles. The van der Waals surface area contributed by atoms with Crippen LogP contribution in [0.25, 0.3) is 10.8 Å². The summed E-state index contributed by atoms with van der Waals surface area (Å²) in [5, 5.41) is 3.67. The molecule has 4 aromatic rings. The van der Waals surface area contributed by atoms with Crippen molar-refractivity contribution in [3.63, 3.8) is 0 Å². The molecule has 196 valence electrons. The van der Waals surface area contributed by atoms with E-state index < -0.39 is 0 Å². The molecule has 4 rings (SSSR count). The molecule has 37 heavy (non-hydrogen) atoms. The average molecular weight is 541 g/mol. The van der Waals surface area contributed by atoms with Crippen LogP contribution in [0, 0.1) is 6.92 Å². The third-order valence-electron chi connectivity index (χ3n) is 6.71. The summed E-state index contributed by atoms with van der Waals surface area (Å²) in [6.07, 6.45) is 0.889. The fourth-order valence-corrected chi connectivity index (χ4v) is 5.30. The Hall–Kier alpha value is -2.57. The Balaban J connectivity index is 1.77. The van der Waals surface area contributed by atoms with Gasteiger partial charge in [0.15, 0.2) is 0 Å². The van der Waals surface area contributed by atoms with E-state index in [-0.39, 0.29) is 0 Å². The Bertz CT molecular complexity index is 1350. The van der Waals surface area contributed by atoms with Crippen LogP contribution in [-0.2, 0) is 37.3 Å². The number of aromatic nitrogens is 2. The molecule has 0 bridgehead atoms. The van der Waals surface area contributed by atoms with E-state index in [0.717, 1.165) is 41.4 Å². The molecule has 0 fully saturated rings. The van der Waals surface area contributed by atoms with Gasteiger partial charge in [0, 0.05) is 48.0 Å². The lowest BCUT2D eigenvalue weighted by Gasteiger charge is -2.25. The van der Waals surface area contributed by atoms with Crippen LogP contribution >= 0.6 is 23.2 Å². The van der Waals surface area contributed by atoms with Gasteiger partial charge in [0.05, 0.1) is 25.5 Å².